The van der Waals surface area contributed by atoms with Gasteiger partial charge in [-0.1, -0.05) is 11.6 Å². The number of halogens is 1. The first-order valence-corrected chi connectivity index (χ1v) is 13.7. The van der Waals surface area contributed by atoms with Crippen LogP contribution in [0, 0.1) is 5.92 Å². The SMILES string of the molecule is O=C(c1ccc(Cl)c(S(=O)(=O)NCC2CCCO2)c1)N1CCC(C(=O)N2CCCCC2)CC1. The lowest BCUT2D eigenvalue weighted by molar-refractivity contribution is -0.137. The lowest BCUT2D eigenvalue weighted by Gasteiger charge is -2.35. The van der Waals surface area contributed by atoms with Crippen molar-refractivity contribution in [1.29, 1.82) is 0 Å². The van der Waals surface area contributed by atoms with Crippen molar-refractivity contribution in [3.05, 3.63) is 28.8 Å². The van der Waals surface area contributed by atoms with Gasteiger partial charge in [-0.2, -0.15) is 0 Å². The van der Waals surface area contributed by atoms with Gasteiger partial charge in [-0.3, -0.25) is 9.59 Å². The molecule has 3 heterocycles. The fourth-order valence-corrected chi connectivity index (χ4v) is 6.40. The van der Waals surface area contributed by atoms with Gasteiger partial charge in [-0.25, -0.2) is 13.1 Å². The van der Waals surface area contributed by atoms with Gasteiger partial charge in [-0.05, 0) is 63.1 Å². The second-order valence-electron chi connectivity index (χ2n) is 9.08. The van der Waals surface area contributed by atoms with Crippen LogP contribution >= 0.6 is 11.6 Å². The Morgan fingerprint density at radius 2 is 1.73 bits per heavy atom. The molecule has 0 bridgehead atoms. The van der Waals surface area contributed by atoms with Crippen molar-refractivity contribution >= 4 is 33.4 Å². The summed E-state index contributed by atoms with van der Waals surface area (Å²) < 4.78 is 33.6. The molecular formula is C23H32ClN3O5S. The Morgan fingerprint density at radius 3 is 2.39 bits per heavy atom. The third-order valence-corrected chi connectivity index (χ3v) is 8.70. The van der Waals surface area contributed by atoms with Gasteiger partial charge < -0.3 is 14.5 Å². The second-order valence-corrected chi connectivity index (χ2v) is 11.2. The number of rotatable bonds is 6. The van der Waals surface area contributed by atoms with Crippen LogP contribution in [0.1, 0.15) is 55.3 Å². The van der Waals surface area contributed by atoms with Crippen LogP contribution in [0.25, 0.3) is 0 Å². The first-order valence-electron chi connectivity index (χ1n) is 11.8. The highest BCUT2D eigenvalue weighted by Crippen LogP contribution is 2.26. The molecule has 1 aromatic carbocycles. The van der Waals surface area contributed by atoms with Crippen LogP contribution in [0.2, 0.25) is 5.02 Å². The number of carbonyl (C=O) groups excluding carboxylic acids is 2. The highest BCUT2D eigenvalue weighted by Gasteiger charge is 2.31. The Bertz CT molecular complexity index is 966. The summed E-state index contributed by atoms with van der Waals surface area (Å²) >= 11 is 6.18. The number of ether oxygens (including phenoxy) is 1. The maximum atomic E-state index is 13.1. The number of likely N-dealkylation sites (tertiary alicyclic amines) is 2. The second kappa shape index (κ2) is 10.7. The molecule has 0 aromatic heterocycles. The minimum absolute atomic E-state index is 0.0460. The summed E-state index contributed by atoms with van der Waals surface area (Å²) in [6, 6.07) is 4.34. The van der Waals surface area contributed by atoms with Crippen LogP contribution in [0.5, 0.6) is 0 Å². The summed E-state index contributed by atoms with van der Waals surface area (Å²) in [4.78, 5) is 29.4. The molecule has 182 valence electrons. The van der Waals surface area contributed by atoms with Gasteiger partial charge in [0, 0.05) is 50.8 Å². The van der Waals surface area contributed by atoms with Crippen LogP contribution in [0.15, 0.2) is 23.1 Å². The molecule has 3 fully saturated rings. The van der Waals surface area contributed by atoms with Crippen molar-refractivity contribution in [3.63, 3.8) is 0 Å². The average molecular weight is 498 g/mol. The molecule has 3 aliphatic rings. The number of nitrogens with one attached hydrogen (secondary N) is 1. The zero-order valence-corrected chi connectivity index (χ0v) is 20.4. The molecule has 1 N–H and O–H groups in total. The van der Waals surface area contributed by atoms with Gasteiger partial charge in [0.15, 0.2) is 0 Å². The Hall–Kier alpha value is -1.68. The largest absolute Gasteiger partial charge is 0.377 e. The minimum Gasteiger partial charge on any atom is -0.377 e. The van der Waals surface area contributed by atoms with Gasteiger partial charge >= 0.3 is 0 Å². The average Bonchev–Trinajstić information content (AvgIpc) is 3.37. The zero-order chi connectivity index (χ0) is 23.4. The molecule has 0 aliphatic carbocycles. The van der Waals surface area contributed by atoms with E-state index in [2.05, 4.69) is 4.72 Å². The van der Waals surface area contributed by atoms with Gasteiger partial charge in [0.05, 0.1) is 11.1 Å². The standard InChI is InChI=1S/C23H32ClN3O5S/c24-20-7-6-18(15-21(20)33(30,31)25-16-19-5-4-14-32-19)23(29)27-12-8-17(9-13-27)22(28)26-10-2-1-3-11-26/h6-7,15,17,19,25H,1-5,8-14,16H2. The summed E-state index contributed by atoms with van der Waals surface area (Å²) in [5.74, 6) is -0.0829. The predicted molar refractivity (Wildman–Crippen MR) is 125 cm³/mol. The highest BCUT2D eigenvalue weighted by atomic mass is 35.5. The van der Waals surface area contributed by atoms with E-state index in [1.54, 1.807) is 11.0 Å². The molecular weight excluding hydrogens is 466 g/mol. The summed E-state index contributed by atoms with van der Waals surface area (Å²) in [6.45, 7) is 3.44. The first kappa shape index (κ1) is 24.4. The minimum atomic E-state index is -3.88. The Morgan fingerprint density at radius 1 is 1.00 bits per heavy atom. The summed E-state index contributed by atoms with van der Waals surface area (Å²) in [7, 11) is -3.88. The van der Waals surface area contributed by atoms with E-state index >= 15 is 0 Å². The highest BCUT2D eigenvalue weighted by molar-refractivity contribution is 7.89. The number of benzene rings is 1. The number of nitrogens with zero attached hydrogens (tertiary/aromatic N) is 2. The predicted octanol–water partition coefficient (Wildman–Crippen LogP) is 2.66. The molecule has 10 heteroatoms. The van der Waals surface area contributed by atoms with E-state index in [4.69, 9.17) is 16.3 Å². The lowest BCUT2D eigenvalue weighted by Crippen LogP contribution is -2.45. The van der Waals surface area contributed by atoms with E-state index in [9.17, 15) is 18.0 Å². The van der Waals surface area contributed by atoms with Gasteiger partial charge in [0.25, 0.3) is 5.91 Å². The normalized spacial score (nSPS) is 22.5. The molecule has 4 rings (SSSR count). The van der Waals surface area contributed by atoms with Gasteiger partial charge in [0.2, 0.25) is 15.9 Å². The van der Waals surface area contributed by atoms with Crippen LogP contribution in [0.3, 0.4) is 0 Å². The zero-order valence-electron chi connectivity index (χ0n) is 18.8. The van der Waals surface area contributed by atoms with E-state index < -0.39 is 10.0 Å². The molecule has 1 atom stereocenters. The molecule has 3 aliphatic heterocycles. The number of amides is 2. The monoisotopic (exact) mass is 497 g/mol. The summed E-state index contributed by atoms with van der Waals surface area (Å²) in [6.07, 6.45) is 6.14. The summed E-state index contributed by atoms with van der Waals surface area (Å²) in [5, 5.41) is 0.0669. The van der Waals surface area contributed by atoms with E-state index in [1.807, 2.05) is 4.90 Å². The number of hydrogen-bond acceptors (Lipinski definition) is 5. The Kier molecular flexibility index (Phi) is 7.94. The molecule has 1 aromatic rings. The third kappa shape index (κ3) is 5.88. The fourth-order valence-electron chi connectivity index (χ4n) is 4.81. The first-order chi connectivity index (χ1) is 15.8. The van der Waals surface area contributed by atoms with Crippen LogP contribution in [0.4, 0.5) is 0 Å². The van der Waals surface area contributed by atoms with Crippen LogP contribution < -0.4 is 4.72 Å². The number of sulfonamides is 1. The topological polar surface area (TPSA) is 96.0 Å². The van der Waals surface area contributed by atoms with E-state index in [1.165, 1.54) is 18.6 Å². The maximum Gasteiger partial charge on any atom is 0.253 e. The lowest BCUT2D eigenvalue weighted by atomic mass is 9.94. The van der Waals surface area contributed by atoms with E-state index in [0.717, 1.165) is 38.8 Å². The third-order valence-electron chi connectivity index (χ3n) is 6.79. The smallest absolute Gasteiger partial charge is 0.253 e. The molecule has 1 unspecified atom stereocenters. The van der Waals surface area contributed by atoms with Crippen molar-refractivity contribution < 1.29 is 22.7 Å². The molecule has 0 spiro atoms. The fraction of sp³-hybridized carbons (Fsp3) is 0.652. The van der Waals surface area contributed by atoms with Crippen molar-refractivity contribution in [2.75, 3.05) is 39.3 Å². The molecule has 0 radical (unpaired) electrons. The quantitative estimate of drug-likeness (QED) is 0.651. The van der Waals surface area contributed by atoms with Crippen LogP contribution in [-0.4, -0.2) is 75.5 Å². The molecule has 2 amide bonds. The number of carbonyl (C=O) groups is 2. The van der Waals surface area contributed by atoms with Gasteiger partial charge in [0.1, 0.15) is 4.90 Å². The molecule has 8 nitrogen and oxygen atoms in total. The van der Waals surface area contributed by atoms with Crippen molar-refractivity contribution in [2.24, 2.45) is 5.92 Å². The molecule has 33 heavy (non-hydrogen) atoms. The summed E-state index contributed by atoms with van der Waals surface area (Å²) in [5.41, 5.74) is 0.276. The molecule has 0 saturated carbocycles. The van der Waals surface area contributed by atoms with Crippen LogP contribution in [-0.2, 0) is 19.6 Å². The van der Waals surface area contributed by atoms with Crippen molar-refractivity contribution in [1.82, 2.24) is 14.5 Å². The number of piperidine rings is 2. The Labute approximate surface area is 200 Å². The van der Waals surface area contributed by atoms with Gasteiger partial charge in [-0.15, -0.1) is 0 Å². The van der Waals surface area contributed by atoms with Crippen molar-refractivity contribution in [3.8, 4) is 0 Å². The van der Waals surface area contributed by atoms with Crippen molar-refractivity contribution in [2.45, 2.75) is 55.9 Å². The maximum absolute atomic E-state index is 13.1. The number of hydrogen-bond donors (Lipinski definition) is 1. The molecule has 3 saturated heterocycles. The van der Waals surface area contributed by atoms with E-state index in [0.29, 0.717) is 32.5 Å². The van der Waals surface area contributed by atoms with E-state index in [-0.39, 0.29) is 45.9 Å². The Balaban J connectivity index is 1.38.